The molecule has 0 aromatic rings. The van der Waals surface area contributed by atoms with E-state index < -0.39 is 12.8 Å². The predicted octanol–water partition coefficient (Wildman–Crippen LogP) is 2.97. The quantitative estimate of drug-likeness (QED) is 0.557. The summed E-state index contributed by atoms with van der Waals surface area (Å²) in [4.78, 5) is 13.7. The van der Waals surface area contributed by atoms with Gasteiger partial charge in [-0.3, -0.25) is 4.79 Å². The van der Waals surface area contributed by atoms with E-state index in [0.717, 1.165) is 25.7 Å². The molecule has 19 heavy (non-hydrogen) atoms. The smallest absolute Gasteiger partial charge is 0.372 e. The van der Waals surface area contributed by atoms with E-state index in [2.05, 4.69) is 4.74 Å². The van der Waals surface area contributed by atoms with Gasteiger partial charge in [-0.15, -0.1) is 11.6 Å². The summed E-state index contributed by atoms with van der Waals surface area (Å²) in [5.74, 6) is 0.343. The average Bonchev–Trinajstić information content (AvgIpc) is 2.34. The average molecular weight is 302 g/mol. The van der Waals surface area contributed by atoms with Crippen LogP contribution in [0.4, 0.5) is 13.2 Å². The van der Waals surface area contributed by atoms with Crippen molar-refractivity contribution in [2.75, 3.05) is 25.6 Å². The molecule has 0 aliphatic carbocycles. The Labute approximate surface area is 116 Å². The molecular formula is C12H19ClF3NO2. The van der Waals surface area contributed by atoms with E-state index in [0.29, 0.717) is 12.4 Å². The van der Waals surface area contributed by atoms with E-state index >= 15 is 0 Å². The summed E-state index contributed by atoms with van der Waals surface area (Å²) in [6.45, 7) is -0.826. The van der Waals surface area contributed by atoms with Crippen molar-refractivity contribution in [2.24, 2.45) is 0 Å². The van der Waals surface area contributed by atoms with Crippen molar-refractivity contribution in [1.29, 1.82) is 0 Å². The number of nitrogens with zero attached hydrogens (tertiary/aromatic N) is 1. The minimum Gasteiger partial charge on any atom is -0.372 e. The van der Waals surface area contributed by atoms with Gasteiger partial charge in [0, 0.05) is 18.5 Å². The molecule has 1 aliphatic heterocycles. The molecule has 0 aromatic carbocycles. The van der Waals surface area contributed by atoms with E-state index in [1.807, 2.05) is 0 Å². The highest BCUT2D eigenvalue weighted by atomic mass is 35.5. The molecule has 0 aromatic heterocycles. The number of likely N-dealkylation sites (tertiary alicyclic amines) is 1. The van der Waals surface area contributed by atoms with Gasteiger partial charge in [0.2, 0.25) is 5.91 Å². The van der Waals surface area contributed by atoms with Gasteiger partial charge in [0.15, 0.2) is 0 Å². The molecule has 112 valence electrons. The summed E-state index contributed by atoms with van der Waals surface area (Å²) in [5.41, 5.74) is 0. The van der Waals surface area contributed by atoms with E-state index in [-0.39, 0.29) is 25.0 Å². The molecule has 0 bridgehead atoms. The van der Waals surface area contributed by atoms with Gasteiger partial charge in [-0.2, -0.15) is 13.2 Å². The molecule has 0 spiro atoms. The molecule has 1 heterocycles. The highest BCUT2D eigenvalue weighted by Crippen LogP contribution is 2.21. The van der Waals surface area contributed by atoms with E-state index in [1.165, 1.54) is 0 Å². The fraction of sp³-hybridized carbons (Fsp3) is 0.917. The van der Waals surface area contributed by atoms with Crippen LogP contribution in [0.15, 0.2) is 0 Å². The van der Waals surface area contributed by atoms with Crippen LogP contribution >= 0.6 is 11.6 Å². The molecule has 1 amide bonds. The highest BCUT2D eigenvalue weighted by Gasteiger charge is 2.28. The van der Waals surface area contributed by atoms with E-state index in [4.69, 9.17) is 11.6 Å². The summed E-state index contributed by atoms with van der Waals surface area (Å²) < 4.78 is 40.0. The Morgan fingerprint density at radius 2 is 2.11 bits per heavy atom. The predicted molar refractivity (Wildman–Crippen MR) is 66.2 cm³/mol. The molecule has 1 fully saturated rings. The Morgan fingerprint density at radius 1 is 1.37 bits per heavy atom. The first-order chi connectivity index (χ1) is 8.94. The Kier molecular flexibility index (Phi) is 6.93. The molecule has 1 rings (SSSR count). The molecule has 1 saturated heterocycles. The van der Waals surface area contributed by atoms with Crippen LogP contribution in [0.3, 0.4) is 0 Å². The molecular weight excluding hydrogens is 283 g/mol. The lowest BCUT2D eigenvalue weighted by atomic mass is 9.99. The summed E-state index contributed by atoms with van der Waals surface area (Å²) in [7, 11) is 0. The zero-order chi connectivity index (χ0) is 14.3. The van der Waals surface area contributed by atoms with Crippen molar-refractivity contribution < 1.29 is 22.7 Å². The van der Waals surface area contributed by atoms with Crippen LogP contribution < -0.4 is 0 Å². The molecule has 0 N–H and O–H groups in total. The second-order valence-electron chi connectivity index (χ2n) is 4.63. The largest absolute Gasteiger partial charge is 0.411 e. The zero-order valence-corrected chi connectivity index (χ0v) is 11.5. The van der Waals surface area contributed by atoms with Gasteiger partial charge in [0.05, 0.1) is 13.0 Å². The third-order valence-electron chi connectivity index (χ3n) is 3.12. The number of carbonyl (C=O) groups excluding carboxylic acids is 1. The van der Waals surface area contributed by atoms with E-state index in [1.54, 1.807) is 4.90 Å². The maximum absolute atomic E-state index is 11.9. The maximum Gasteiger partial charge on any atom is 0.411 e. The lowest BCUT2D eigenvalue weighted by Crippen LogP contribution is -2.44. The van der Waals surface area contributed by atoms with Gasteiger partial charge in [-0.1, -0.05) is 0 Å². The summed E-state index contributed by atoms with van der Waals surface area (Å²) in [6.07, 6.45) is -0.688. The van der Waals surface area contributed by atoms with E-state index in [9.17, 15) is 18.0 Å². The second kappa shape index (κ2) is 7.94. The summed E-state index contributed by atoms with van der Waals surface area (Å²) in [6, 6.07) is 0.126. The van der Waals surface area contributed by atoms with Gasteiger partial charge in [-0.25, -0.2) is 0 Å². The van der Waals surface area contributed by atoms with Crippen molar-refractivity contribution >= 4 is 17.5 Å². The third-order valence-corrected chi connectivity index (χ3v) is 3.33. The van der Waals surface area contributed by atoms with Gasteiger partial charge in [-0.05, 0) is 25.7 Å². The molecule has 1 unspecified atom stereocenters. The first-order valence-corrected chi connectivity index (χ1v) is 6.97. The topological polar surface area (TPSA) is 29.5 Å². The number of hydrogen-bond donors (Lipinski definition) is 0. The highest BCUT2D eigenvalue weighted by molar-refractivity contribution is 6.17. The number of amides is 1. The Balaban J connectivity index is 2.30. The van der Waals surface area contributed by atoms with Crippen LogP contribution in [-0.4, -0.2) is 48.7 Å². The first kappa shape index (κ1) is 16.6. The molecule has 1 atom stereocenters. The van der Waals surface area contributed by atoms with Gasteiger partial charge >= 0.3 is 6.18 Å². The van der Waals surface area contributed by atoms with Crippen molar-refractivity contribution in [3.8, 4) is 0 Å². The third kappa shape index (κ3) is 6.47. The molecule has 0 saturated carbocycles. The van der Waals surface area contributed by atoms with Crippen LogP contribution in [0.25, 0.3) is 0 Å². The Hall–Kier alpha value is -0.490. The summed E-state index contributed by atoms with van der Waals surface area (Å²) >= 11 is 5.69. The Morgan fingerprint density at radius 3 is 2.74 bits per heavy atom. The first-order valence-electron chi connectivity index (χ1n) is 6.44. The monoisotopic (exact) mass is 301 g/mol. The number of piperidine rings is 1. The minimum absolute atomic E-state index is 0.00509. The normalized spacial score (nSPS) is 20.6. The lowest BCUT2D eigenvalue weighted by Gasteiger charge is -2.35. The van der Waals surface area contributed by atoms with Crippen molar-refractivity contribution in [2.45, 2.75) is 44.3 Å². The maximum atomic E-state index is 11.9. The van der Waals surface area contributed by atoms with Gasteiger partial charge < -0.3 is 9.64 Å². The molecule has 1 aliphatic rings. The van der Waals surface area contributed by atoms with Crippen LogP contribution in [-0.2, 0) is 9.53 Å². The lowest BCUT2D eigenvalue weighted by molar-refractivity contribution is -0.175. The Bertz CT molecular complexity index is 285. The number of hydrogen-bond acceptors (Lipinski definition) is 2. The molecule has 7 heteroatoms. The van der Waals surface area contributed by atoms with Crippen LogP contribution in [0.1, 0.15) is 32.1 Å². The number of alkyl halides is 4. The van der Waals surface area contributed by atoms with Gasteiger partial charge in [0.25, 0.3) is 0 Å². The zero-order valence-electron chi connectivity index (χ0n) is 10.7. The van der Waals surface area contributed by atoms with Crippen LogP contribution in [0.5, 0.6) is 0 Å². The van der Waals surface area contributed by atoms with Crippen molar-refractivity contribution in [3.63, 3.8) is 0 Å². The second-order valence-corrected chi connectivity index (χ2v) is 5.01. The van der Waals surface area contributed by atoms with Crippen LogP contribution in [0.2, 0.25) is 0 Å². The number of halogens is 4. The van der Waals surface area contributed by atoms with Crippen molar-refractivity contribution in [1.82, 2.24) is 4.90 Å². The van der Waals surface area contributed by atoms with Gasteiger partial charge in [0.1, 0.15) is 6.61 Å². The minimum atomic E-state index is -4.34. The SMILES string of the molecule is O=C(CCOCC(F)(F)F)N1CCCCC1CCCl. The number of carbonyl (C=O) groups is 1. The fourth-order valence-corrected chi connectivity index (χ4v) is 2.50. The number of ether oxygens (including phenoxy) is 1. The summed E-state index contributed by atoms with van der Waals surface area (Å²) in [5, 5.41) is 0. The van der Waals surface area contributed by atoms with Crippen LogP contribution in [0, 0.1) is 0 Å². The molecule has 3 nitrogen and oxygen atoms in total. The fourth-order valence-electron chi connectivity index (χ4n) is 2.25. The van der Waals surface area contributed by atoms with Crippen molar-refractivity contribution in [3.05, 3.63) is 0 Å². The molecule has 0 radical (unpaired) electrons. The number of rotatable bonds is 6. The standard InChI is InChI=1S/C12H19ClF3NO2/c13-6-4-10-3-1-2-7-17(10)11(18)5-8-19-9-12(14,15)16/h10H,1-9H2.